The van der Waals surface area contributed by atoms with Gasteiger partial charge >= 0.3 is 0 Å². The molecule has 0 radical (unpaired) electrons. The van der Waals surface area contributed by atoms with Crippen LogP contribution in [0.2, 0.25) is 0 Å². The third-order valence-corrected chi connectivity index (χ3v) is 2.08. The number of guanidine groups is 1. The standard InChI is InChI=1S/C11H10N4O.ClH/c12-11(13)15-10(16)9-5-7-3-1-2-4-8(7)6-14-9;/h1-6H,(H4,12,13,15,16);1H. The highest BCUT2D eigenvalue weighted by Crippen LogP contribution is 2.13. The number of rotatable bonds is 1. The van der Waals surface area contributed by atoms with Gasteiger partial charge in [0.15, 0.2) is 5.96 Å². The van der Waals surface area contributed by atoms with Gasteiger partial charge in [-0.1, -0.05) is 24.3 Å². The number of carbonyl (C=O) groups is 1. The molecule has 0 aliphatic carbocycles. The summed E-state index contributed by atoms with van der Waals surface area (Å²) < 4.78 is 0. The van der Waals surface area contributed by atoms with Crippen molar-refractivity contribution < 1.29 is 4.79 Å². The molecule has 4 N–H and O–H groups in total. The van der Waals surface area contributed by atoms with Gasteiger partial charge in [-0.2, -0.15) is 4.99 Å². The highest BCUT2D eigenvalue weighted by Gasteiger charge is 2.06. The zero-order valence-electron chi connectivity index (χ0n) is 8.83. The largest absolute Gasteiger partial charge is 0.370 e. The fourth-order valence-electron chi connectivity index (χ4n) is 1.38. The fourth-order valence-corrected chi connectivity index (χ4v) is 1.38. The molecule has 1 aromatic heterocycles. The molecule has 17 heavy (non-hydrogen) atoms. The first-order valence-electron chi connectivity index (χ1n) is 4.65. The number of pyridine rings is 1. The minimum absolute atomic E-state index is 0. The third kappa shape index (κ3) is 2.92. The number of hydrogen-bond donors (Lipinski definition) is 2. The van der Waals surface area contributed by atoms with Crippen LogP contribution in [0.5, 0.6) is 0 Å². The predicted octanol–water partition coefficient (Wildman–Crippen LogP) is 1.07. The molecule has 2 aromatic rings. The molecule has 1 heterocycles. The fraction of sp³-hybridized carbons (Fsp3) is 0. The van der Waals surface area contributed by atoms with Crippen LogP contribution in [0.1, 0.15) is 10.5 Å². The molecule has 0 atom stereocenters. The van der Waals surface area contributed by atoms with E-state index in [0.717, 1.165) is 10.8 Å². The van der Waals surface area contributed by atoms with Gasteiger partial charge in [-0.3, -0.25) is 9.78 Å². The number of nitrogens with two attached hydrogens (primary N) is 2. The van der Waals surface area contributed by atoms with Crippen molar-refractivity contribution in [1.82, 2.24) is 4.98 Å². The van der Waals surface area contributed by atoms with Gasteiger partial charge in [0, 0.05) is 11.6 Å². The van der Waals surface area contributed by atoms with E-state index < -0.39 is 5.91 Å². The molecule has 2 rings (SSSR count). The Bertz CT molecular complexity index is 578. The average molecular weight is 251 g/mol. The molecule has 88 valence electrons. The number of aromatic nitrogens is 1. The van der Waals surface area contributed by atoms with Crippen molar-refractivity contribution in [3.05, 3.63) is 42.2 Å². The van der Waals surface area contributed by atoms with E-state index in [0.29, 0.717) is 0 Å². The van der Waals surface area contributed by atoms with Gasteiger partial charge in [0.2, 0.25) is 0 Å². The summed E-state index contributed by atoms with van der Waals surface area (Å²) >= 11 is 0. The molecule has 5 nitrogen and oxygen atoms in total. The second-order valence-corrected chi connectivity index (χ2v) is 3.26. The molecule has 0 saturated heterocycles. The van der Waals surface area contributed by atoms with Crippen LogP contribution in [0.25, 0.3) is 10.8 Å². The number of carbonyl (C=O) groups excluding carboxylic acids is 1. The first kappa shape index (κ1) is 12.9. The molecule has 0 saturated carbocycles. The molecule has 1 amide bonds. The van der Waals surface area contributed by atoms with Crippen molar-refractivity contribution >= 4 is 35.0 Å². The van der Waals surface area contributed by atoms with Crippen molar-refractivity contribution in [3.8, 4) is 0 Å². The summed E-state index contributed by atoms with van der Waals surface area (Å²) in [7, 11) is 0. The molecule has 1 aromatic carbocycles. The third-order valence-electron chi connectivity index (χ3n) is 2.08. The lowest BCUT2D eigenvalue weighted by molar-refractivity contribution is 0.0998. The number of nitrogens with zero attached hydrogens (tertiary/aromatic N) is 2. The van der Waals surface area contributed by atoms with Crippen molar-refractivity contribution in [2.75, 3.05) is 0 Å². The van der Waals surface area contributed by atoms with Crippen molar-refractivity contribution in [3.63, 3.8) is 0 Å². The van der Waals surface area contributed by atoms with Gasteiger partial charge in [-0.15, -0.1) is 12.4 Å². The molecule has 6 heteroatoms. The lowest BCUT2D eigenvalue weighted by Crippen LogP contribution is -2.24. The normalized spacial score (nSPS) is 9.41. The second kappa shape index (κ2) is 5.27. The van der Waals surface area contributed by atoms with E-state index >= 15 is 0 Å². The van der Waals surface area contributed by atoms with E-state index in [-0.39, 0.29) is 24.1 Å². The van der Waals surface area contributed by atoms with Gasteiger partial charge < -0.3 is 11.5 Å². The molecule has 0 aliphatic rings. The van der Waals surface area contributed by atoms with E-state index in [1.165, 1.54) is 0 Å². The van der Waals surface area contributed by atoms with Crippen LogP contribution in [-0.4, -0.2) is 16.9 Å². The van der Waals surface area contributed by atoms with Crippen LogP contribution in [0.3, 0.4) is 0 Å². The summed E-state index contributed by atoms with van der Waals surface area (Å²) in [6, 6.07) is 9.25. The first-order chi connectivity index (χ1) is 7.66. The minimum atomic E-state index is -0.536. The Balaban J connectivity index is 0.00000144. The Morgan fingerprint density at radius 2 is 1.82 bits per heavy atom. The monoisotopic (exact) mass is 250 g/mol. The number of halogens is 1. The Hall–Kier alpha value is -2.14. The van der Waals surface area contributed by atoms with E-state index in [1.807, 2.05) is 24.3 Å². The van der Waals surface area contributed by atoms with Crippen LogP contribution in [0.4, 0.5) is 0 Å². The second-order valence-electron chi connectivity index (χ2n) is 3.26. The van der Waals surface area contributed by atoms with Crippen LogP contribution < -0.4 is 11.5 Å². The maximum atomic E-state index is 11.5. The average Bonchev–Trinajstić information content (AvgIpc) is 2.27. The van der Waals surface area contributed by atoms with E-state index in [9.17, 15) is 4.79 Å². The van der Waals surface area contributed by atoms with Crippen LogP contribution in [-0.2, 0) is 0 Å². The van der Waals surface area contributed by atoms with Crippen molar-refractivity contribution in [1.29, 1.82) is 0 Å². The first-order valence-corrected chi connectivity index (χ1v) is 4.65. The molecule has 0 bridgehead atoms. The van der Waals surface area contributed by atoms with Crippen LogP contribution >= 0.6 is 12.4 Å². The molecular formula is C11H11ClN4O. The van der Waals surface area contributed by atoms with Crippen LogP contribution in [0, 0.1) is 0 Å². The molecule has 0 spiro atoms. The number of fused-ring (bicyclic) bond motifs is 1. The maximum Gasteiger partial charge on any atom is 0.298 e. The zero-order valence-corrected chi connectivity index (χ0v) is 9.65. The van der Waals surface area contributed by atoms with E-state index in [1.54, 1.807) is 12.3 Å². The van der Waals surface area contributed by atoms with E-state index in [4.69, 9.17) is 11.5 Å². The molecule has 0 unspecified atom stereocenters. The number of hydrogen-bond acceptors (Lipinski definition) is 2. The van der Waals surface area contributed by atoms with Crippen molar-refractivity contribution in [2.45, 2.75) is 0 Å². The molecular weight excluding hydrogens is 240 g/mol. The topological polar surface area (TPSA) is 94.4 Å². The van der Waals surface area contributed by atoms with Crippen LogP contribution in [0.15, 0.2) is 41.5 Å². The van der Waals surface area contributed by atoms with Gasteiger partial charge in [-0.25, -0.2) is 0 Å². The lowest BCUT2D eigenvalue weighted by atomic mass is 10.1. The quantitative estimate of drug-likeness (QED) is 0.585. The number of aliphatic imine (C=N–C) groups is 1. The van der Waals surface area contributed by atoms with Gasteiger partial charge in [-0.05, 0) is 11.5 Å². The Morgan fingerprint density at radius 3 is 2.47 bits per heavy atom. The van der Waals surface area contributed by atoms with Gasteiger partial charge in [0.05, 0.1) is 0 Å². The number of benzene rings is 1. The lowest BCUT2D eigenvalue weighted by Gasteiger charge is -1.99. The van der Waals surface area contributed by atoms with Gasteiger partial charge in [0.1, 0.15) is 5.69 Å². The predicted molar refractivity (Wildman–Crippen MR) is 69.1 cm³/mol. The molecule has 0 aliphatic heterocycles. The Kier molecular flexibility index (Phi) is 4.01. The Labute approximate surface area is 104 Å². The maximum absolute atomic E-state index is 11.5. The highest BCUT2D eigenvalue weighted by molar-refractivity contribution is 6.02. The summed E-state index contributed by atoms with van der Waals surface area (Å²) in [5, 5.41) is 1.88. The Morgan fingerprint density at radius 1 is 1.18 bits per heavy atom. The minimum Gasteiger partial charge on any atom is -0.370 e. The highest BCUT2D eigenvalue weighted by atomic mass is 35.5. The van der Waals surface area contributed by atoms with Gasteiger partial charge in [0.25, 0.3) is 5.91 Å². The summed E-state index contributed by atoms with van der Waals surface area (Å²) in [6.07, 6.45) is 1.62. The number of amides is 1. The van der Waals surface area contributed by atoms with E-state index in [2.05, 4.69) is 9.98 Å². The summed E-state index contributed by atoms with van der Waals surface area (Å²) in [6.45, 7) is 0. The smallest absolute Gasteiger partial charge is 0.298 e. The van der Waals surface area contributed by atoms with Crippen molar-refractivity contribution in [2.24, 2.45) is 16.5 Å². The summed E-state index contributed by atoms with van der Waals surface area (Å²) in [5.41, 5.74) is 10.5. The SMILES string of the molecule is Cl.NC(N)=NC(=O)c1cc2ccccc2cn1. The molecule has 0 fully saturated rings. The summed E-state index contributed by atoms with van der Waals surface area (Å²) in [5.74, 6) is -0.800. The zero-order chi connectivity index (χ0) is 11.5. The summed E-state index contributed by atoms with van der Waals surface area (Å²) in [4.78, 5) is 18.9.